The van der Waals surface area contributed by atoms with Gasteiger partial charge in [-0.3, -0.25) is 15.2 Å². The Bertz CT molecular complexity index is 656. The Kier molecular flexibility index (Phi) is 2.08. The Balaban J connectivity index is 1.98. The molecule has 0 spiro atoms. The number of fused-ring (bicyclic) bond motifs is 1. The van der Waals surface area contributed by atoms with Crippen molar-refractivity contribution in [3.05, 3.63) is 36.3 Å². The number of benzene rings is 1. The maximum atomic E-state index is 12.0. The molecule has 0 bridgehead atoms. The second-order valence-corrected chi connectivity index (χ2v) is 3.43. The predicted molar refractivity (Wildman–Crippen MR) is 60.4 cm³/mol. The number of nitrogens with one attached hydrogen (secondary N) is 3. The zero-order valence-corrected chi connectivity index (χ0v) is 8.64. The lowest BCUT2D eigenvalue weighted by Gasteiger charge is -2.02. The second-order valence-electron chi connectivity index (χ2n) is 3.43. The molecular formula is C10H8N6O. The van der Waals surface area contributed by atoms with Crippen LogP contribution in [0.5, 0.6) is 0 Å². The monoisotopic (exact) mass is 228 g/mol. The molecule has 3 N–H and O–H groups in total. The lowest BCUT2D eigenvalue weighted by Crippen LogP contribution is -2.13. The number of aromatic nitrogens is 5. The molecule has 0 aliphatic heterocycles. The molecule has 1 amide bonds. The van der Waals surface area contributed by atoms with Crippen molar-refractivity contribution in [3.8, 4) is 0 Å². The summed E-state index contributed by atoms with van der Waals surface area (Å²) in [4.78, 5) is 15.8. The van der Waals surface area contributed by atoms with Gasteiger partial charge in [-0.2, -0.15) is 15.2 Å². The Morgan fingerprint density at radius 2 is 2.18 bits per heavy atom. The van der Waals surface area contributed by atoms with Crippen molar-refractivity contribution in [3.63, 3.8) is 0 Å². The summed E-state index contributed by atoms with van der Waals surface area (Å²) in [6, 6.07) is 5.37. The SMILES string of the molecule is O=C(Nc1ncn[nH]1)c1cccc2[nH]ncc12. The van der Waals surface area contributed by atoms with Gasteiger partial charge < -0.3 is 0 Å². The topological polar surface area (TPSA) is 99.4 Å². The van der Waals surface area contributed by atoms with Gasteiger partial charge in [-0.15, -0.1) is 0 Å². The van der Waals surface area contributed by atoms with E-state index < -0.39 is 0 Å². The molecule has 17 heavy (non-hydrogen) atoms. The Hall–Kier alpha value is -2.70. The van der Waals surface area contributed by atoms with Crippen LogP contribution >= 0.6 is 0 Å². The lowest BCUT2D eigenvalue weighted by molar-refractivity contribution is 0.102. The number of amides is 1. The normalized spacial score (nSPS) is 10.6. The number of aromatic amines is 2. The van der Waals surface area contributed by atoms with E-state index in [9.17, 15) is 4.79 Å². The van der Waals surface area contributed by atoms with E-state index in [1.165, 1.54) is 6.33 Å². The minimum absolute atomic E-state index is 0.256. The molecule has 0 radical (unpaired) electrons. The van der Waals surface area contributed by atoms with Crippen molar-refractivity contribution in [2.45, 2.75) is 0 Å². The molecule has 0 saturated heterocycles. The van der Waals surface area contributed by atoms with Crippen molar-refractivity contribution in [2.75, 3.05) is 5.32 Å². The first-order valence-electron chi connectivity index (χ1n) is 4.93. The molecule has 2 heterocycles. The van der Waals surface area contributed by atoms with Crippen LogP contribution in [-0.4, -0.2) is 31.3 Å². The summed E-state index contributed by atoms with van der Waals surface area (Å²) in [5.41, 5.74) is 1.35. The van der Waals surface area contributed by atoms with E-state index >= 15 is 0 Å². The standard InChI is InChI=1S/C10H8N6O/c17-9(14-10-11-5-13-16-10)6-2-1-3-8-7(6)4-12-15-8/h1-5H,(H,12,15)(H2,11,13,14,16,17). The van der Waals surface area contributed by atoms with Gasteiger partial charge in [0.05, 0.1) is 17.3 Å². The number of rotatable bonds is 2. The van der Waals surface area contributed by atoms with E-state index in [2.05, 4.69) is 30.7 Å². The molecule has 0 atom stereocenters. The lowest BCUT2D eigenvalue weighted by atomic mass is 10.1. The number of hydrogen-bond acceptors (Lipinski definition) is 4. The molecule has 1 aromatic carbocycles. The molecular weight excluding hydrogens is 220 g/mol. The minimum atomic E-state index is -0.256. The highest BCUT2D eigenvalue weighted by Gasteiger charge is 2.11. The van der Waals surface area contributed by atoms with Gasteiger partial charge in [0, 0.05) is 5.39 Å². The van der Waals surface area contributed by atoms with E-state index in [1.807, 2.05) is 6.07 Å². The maximum absolute atomic E-state index is 12.0. The Morgan fingerprint density at radius 1 is 1.24 bits per heavy atom. The molecule has 0 aliphatic rings. The fourth-order valence-electron chi connectivity index (χ4n) is 1.61. The molecule has 3 aromatic rings. The van der Waals surface area contributed by atoms with Gasteiger partial charge in [-0.25, -0.2) is 5.10 Å². The Labute approximate surface area is 95.3 Å². The molecule has 7 nitrogen and oxygen atoms in total. The number of hydrogen-bond donors (Lipinski definition) is 3. The van der Waals surface area contributed by atoms with Crippen molar-refractivity contribution >= 4 is 22.8 Å². The molecule has 0 aliphatic carbocycles. The summed E-state index contributed by atoms with van der Waals surface area (Å²) in [5, 5.41) is 16.3. The molecule has 84 valence electrons. The van der Waals surface area contributed by atoms with Crippen LogP contribution in [0.4, 0.5) is 5.95 Å². The van der Waals surface area contributed by atoms with Gasteiger partial charge in [0.1, 0.15) is 6.33 Å². The number of nitrogens with zero attached hydrogens (tertiary/aromatic N) is 3. The summed E-state index contributed by atoms with van der Waals surface area (Å²) in [6.07, 6.45) is 2.94. The quantitative estimate of drug-likeness (QED) is 0.607. The third-order valence-corrected chi connectivity index (χ3v) is 2.38. The average molecular weight is 228 g/mol. The van der Waals surface area contributed by atoms with Gasteiger partial charge in [-0.05, 0) is 12.1 Å². The first kappa shape index (κ1) is 9.52. The molecule has 0 unspecified atom stereocenters. The van der Waals surface area contributed by atoms with E-state index in [0.29, 0.717) is 11.5 Å². The molecule has 3 rings (SSSR count). The van der Waals surface area contributed by atoms with Crippen molar-refractivity contribution in [1.29, 1.82) is 0 Å². The molecule has 0 fully saturated rings. The van der Waals surface area contributed by atoms with Crippen LogP contribution in [0, 0.1) is 0 Å². The van der Waals surface area contributed by atoms with Crippen LogP contribution in [0.3, 0.4) is 0 Å². The highest BCUT2D eigenvalue weighted by atomic mass is 16.1. The van der Waals surface area contributed by atoms with Crippen LogP contribution in [0.1, 0.15) is 10.4 Å². The molecule has 0 saturated carbocycles. The summed E-state index contributed by atoms with van der Waals surface area (Å²) in [5.74, 6) is 0.0595. The summed E-state index contributed by atoms with van der Waals surface area (Å²) >= 11 is 0. The number of anilines is 1. The molecule has 2 aromatic heterocycles. The van der Waals surface area contributed by atoms with E-state index in [0.717, 1.165) is 10.9 Å². The third-order valence-electron chi connectivity index (χ3n) is 2.38. The van der Waals surface area contributed by atoms with Gasteiger partial charge >= 0.3 is 0 Å². The zero-order valence-electron chi connectivity index (χ0n) is 8.64. The van der Waals surface area contributed by atoms with Crippen LogP contribution in [0.25, 0.3) is 10.9 Å². The van der Waals surface area contributed by atoms with Crippen LogP contribution in [0.2, 0.25) is 0 Å². The van der Waals surface area contributed by atoms with Crippen molar-refractivity contribution < 1.29 is 4.79 Å². The van der Waals surface area contributed by atoms with Crippen molar-refractivity contribution in [1.82, 2.24) is 25.4 Å². The first-order valence-corrected chi connectivity index (χ1v) is 4.93. The molecule has 7 heteroatoms. The van der Waals surface area contributed by atoms with Crippen LogP contribution < -0.4 is 5.32 Å². The number of carbonyl (C=O) groups excluding carboxylic acids is 1. The van der Waals surface area contributed by atoms with Crippen LogP contribution in [-0.2, 0) is 0 Å². The highest BCUT2D eigenvalue weighted by Crippen LogP contribution is 2.16. The largest absolute Gasteiger partial charge is 0.291 e. The van der Waals surface area contributed by atoms with Gasteiger partial charge in [0.15, 0.2) is 0 Å². The van der Waals surface area contributed by atoms with Gasteiger partial charge in [0.25, 0.3) is 5.91 Å². The Morgan fingerprint density at radius 3 is 3.00 bits per heavy atom. The fourth-order valence-corrected chi connectivity index (χ4v) is 1.61. The predicted octanol–water partition coefficient (Wildman–Crippen LogP) is 0.933. The first-order chi connectivity index (χ1) is 8.34. The van der Waals surface area contributed by atoms with E-state index in [4.69, 9.17) is 0 Å². The van der Waals surface area contributed by atoms with Gasteiger partial charge in [-0.1, -0.05) is 6.07 Å². The number of H-pyrrole nitrogens is 2. The zero-order chi connectivity index (χ0) is 11.7. The minimum Gasteiger partial charge on any atom is -0.291 e. The highest BCUT2D eigenvalue weighted by molar-refractivity contribution is 6.11. The van der Waals surface area contributed by atoms with Gasteiger partial charge in [0.2, 0.25) is 5.95 Å². The maximum Gasteiger partial charge on any atom is 0.258 e. The van der Waals surface area contributed by atoms with Crippen molar-refractivity contribution in [2.24, 2.45) is 0 Å². The number of carbonyl (C=O) groups is 1. The average Bonchev–Trinajstić information content (AvgIpc) is 2.97. The fraction of sp³-hybridized carbons (Fsp3) is 0. The van der Waals surface area contributed by atoms with Crippen LogP contribution in [0.15, 0.2) is 30.7 Å². The third kappa shape index (κ3) is 1.63. The van der Waals surface area contributed by atoms with E-state index in [-0.39, 0.29) is 5.91 Å². The summed E-state index contributed by atoms with van der Waals surface area (Å²) in [7, 11) is 0. The summed E-state index contributed by atoms with van der Waals surface area (Å²) in [6.45, 7) is 0. The second kappa shape index (κ2) is 3.71. The smallest absolute Gasteiger partial charge is 0.258 e. The summed E-state index contributed by atoms with van der Waals surface area (Å²) < 4.78 is 0. The van der Waals surface area contributed by atoms with E-state index in [1.54, 1.807) is 18.3 Å².